The molecule has 1 heterocycles. The standard InChI is InChI=1S/C22H31FN2O3.C6H12/c1-14(2)18(26)12-24-20(27)17-10-6-9-16(19(17)23)15-8-7-11-25(13-15)21(28)22(3,4)5;1-2-4-6-5-3-1/h6,9-10,14-15H,7-8,11-13H2,1-5H3,(H,24,27);1-6H2. The maximum atomic E-state index is 15.1. The summed E-state index contributed by atoms with van der Waals surface area (Å²) in [5.41, 5.74) is -0.0898. The highest BCUT2D eigenvalue weighted by molar-refractivity contribution is 5.97. The van der Waals surface area contributed by atoms with Gasteiger partial charge in [0, 0.05) is 30.3 Å². The Morgan fingerprint density at radius 2 is 1.62 bits per heavy atom. The average molecular weight is 475 g/mol. The van der Waals surface area contributed by atoms with Gasteiger partial charge in [0.2, 0.25) is 5.91 Å². The highest BCUT2D eigenvalue weighted by atomic mass is 19.1. The van der Waals surface area contributed by atoms with Gasteiger partial charge in [-0.15, -0.1) is 0 Å². The normalized spacial score (nSPS) is 18.7. The zero-order valence-corrected chi connectivity index (χ0v) is 21.7. The zero-order chi connectivity index (χ0) is 25.3. The van der Waals surface area contributed by atoms with Gasteiger partial charge >= 0.3 is 0 Å². The molecular weight excluding hydrogens is 431 g/mol. The SMILES string of the molecule is C1CCCCC1.CC(C)C(=O)CNC(=O)c1cccc(C2CCCN(C(=O)C(C)(C)C)C2)c1F. The number of hydrogen-bond donors (Lipinski definition) is 1. The van der Waals surface area contributed by atoms with Crippen molar-refractivity contribution in [3.8, 4) is 0 Å². The fourth-order valence-corrected chi connectivity index (χ4v) is 4.46. The molecule has 0 radical (unpaired) electrons. The third-order valence-electron chi connectivity index (χ3n) is 6.63. The number of likely N-dealkylation sites (tertiary alicyclic amines) is 1. The lowest BCUT2D eigenvalue weighted by atomic mass is 9.87. The van der Waals surface area contributed by atoms with Gasteiger partial charge < -0.3 is 10.2 Å². The molecule has 2 aliphatic rings. The number of halogens is 1. The number of ketones is 1. The highest BCUT2D eigenvalue weighted by Gasteiger charge is 2.32. The first kappa shape index (κ1) is 28.0. The van der Waals surface area contributed by atoms with Crippen molar-refractivity contribution in [1.29, 1.82) is 0 Å². The largest absolute Gasteiger partial charge is 0.345 e. The number of nitrogens with one attached hydrogen (secondary N) is 1. The second kappa shape index (κ2) is 13.0. The van der Waals surface area contributed by atoms with E-state index in [-0.39, 0.29) is 35.6 Å². The van der Waals surface area contributed by atoms with Crippen LogP contribution in [0.2, 0.25) is 0 Å². The molecule has 5 nitrogen and oxygen atoms in total. The van der Waals surface area contributed by atoms with E-state index in [2.05, 4.69) is 5.32 Å². The summed E-state index contributed by atoms with van der Waals surface area (Å²) in [4.78, 5) is 38.5. The minimum Gasteiger partial charge on any atom is -0.345 e. The van der Waals surface area contributed by atoms with Gasteiger partial charge in [0.25, 0.3) is 5.91 Å². The number of nitrogens with zero attached hydrogens (tertiary/aromatic N) is 1. The Hall–Kier alpha value is -2.24. The topological polar surface area (TPSA) is 66.5 Å². The molecule has 1 aromatic carbocycles. The molecule has 190 valence electrons. The predicted octanol–water partition coefficient (Wildman–Crippen LogP) is 5.87. The molecule has 1 aromatic rings. The van der Waals surface area contributed by atoms with Gasteiger partial charge in [-0.05, 0) is 24.5 Å². The van der Waals surface area contributed by atoms with Crippen LogP contribution in [0.3, 0.4) is 0 Å². The molecule has 1 saturated carbocycles. The highest BCUT2D eigenvalue weighted by Crippen LogP contribution is 2.32. The summed E-state index contributed by atoms with van der Waals surface area (Å²) >= 11 is 0. The van der Waals surface area contributed by atoms with Crippen LogP contribution in [0.15, 0.2) is 18.2 Å². The molecule has 1 aliphatic carbocycles. The van der Waals surface area contributed by atoms with E-state index >= 15 is 4.39 Å². The van der Waals surface area contributed by atoms with Gasteiger partial charge in [0.15, 0.2) is 5.78 Å². The molecule has 6 heteroatoms. The molecule has 0 bridgehead atoms. The summed E-state index contributed by atoms with van der Waals surface area (Å²) in [6.45, 7) is 10.1. The smallest absolute Gasteiger partial charge is 0.254 e. The lowest BCUT2D eigenvalue weighted by Crippen LogP contribution is -2.44. The number of benzene rings is 1. The Morgan fingerprint density at radius 3 is 2.15 bits per heavy atom. The number of carbonyl (C=O) groups is 3. The van der Waals surface area contributed by atoms with E-state index in [1.807, 2.05) is 20.8 Å². The molecule has 2 amide bonds. The Kier molecular flexibility index (Phi) is 10.7. The van der Waals surface area contributed by atoms with Crippen molar-refractivity contribution in [3.63, 3.8) is 0 Å². The minimum atomic E-state index is -0.591. The Morgan fingerprint density at radius 1 is 1.03 bits per heavy atom. The summed E-state index contributed by atoms with van der Waals surface area (Å²) in [6, 6.07) is 4.76. The van der Waals surface area contributed by atoms with Crippen LogP contribution in [0.5, 0.6) is 0 Å². The third kappa shape index (κ3) is 8.21. The van der Waals surface area contributed by atoms with Crippen LogP contribution in [-0.4, -0.2) is 42.1 Å². The van der Waals surface area contributed by atoms with Crippen LogP contribution in [0.25, 0.3) is 0 Å². The Labute approximate surface area is 204 Å². The van der Waals surface area contributed by atoms with Crippen LogP contribution in [0.4, 0.5) is 4.39 Å². The lowest BCUT2D eigenvalue weighted by Gasteiger charge is -2.36. The molecule has 34 heavy (non-hydrogen) atoms. The van der Waals surface area contributed by atoms with E-state index in [1.165, 1.54) is 44.6 Å². The van der Waals surface area contributed by atoms with Crippen LogP contribution >= 0.6 is 0 Å². The monoisotopic (exact) mass is 474 g/mol. The predicted molar refractivity (Wildman–Crippen MR) is 134 cm³/mol. The minimum absolute atomic E-state index is 0.0544. The molecule has 1 unspecified atom stereocenters. The zero-order valence-electron chi connectivity index (χ0n) is 21.7. The van der Waals surface area contributed by atoms with Crippen LogP contribution in [0, 0.1) is 17.2 Å². The van der Waals surface area contributed by atoms with Crippen molar-refractivity contribution in [2.75, 3.05) is 19.6 Å². The third-order valence-corrected chi connectivity index (χ3v) is 6.63. The molecule has 0 spiro atoms. The number of carbonyl (C=O) groups excluding carboxylic acids is 3. The number of rotatable bonds is 5. The molecule has 0 aromatic heterocycles. The fraction of sp³-hybridized carbons (Fsp3) is 0.679. The van der Waals surface area contributed by atoms with Crippen molar-refractivity contribution in [2.24, 2.45) is 11.3 Å². The van der Waals surface area contributed by atoms with Crippen molar-refractivity contribution in [3.05, 3.63) is 35.1 Å². The number of amides is 2. The number of piperidine rings is 1. The van der Waals surface area contributed by atoms with Gasteiger partial charge in [-0.25, -0.2) is 4.39 Å². The van der Waals surface area contributed by atoms with Crippen LogP contribution in [-0.2, 0) is 9.59 Å². The van der Waals surface area contributed by atoms with Crippen molar-refractivity contribution in [1.82, 2.24) is 10.2 Å². The van der Waals surface area contributed by atoms with E-state index in [4.69, 9.17) is 0 Å². The Bertz CT molecular complexity index is 829. The maximum absolute atomic E-state index is 15.1. The summed E-state index contributed by atoms with van der Waals surface area (Å²) in [5.74, 6) is -1.54. The van der Waals surface area contributed by atoms with Gasteiger partial charge in [-0.2, -0.15) is 0 Å². The molecule has 1 saturated heterocycles. The summed E-state index contributed by atoms with van der Waals surface area (Å²) in [5, 5.41) is 2.50. The second-order valence-electron chi connectivity index (χ2n) is 11.0. The van der Waals surface area contributed by atoms with Crippen molar-refractivity contribution in [2.45, 2.75) is 91.9 Å². The average Bonchev–Trinajstić information content (AvgIpc) is 2.83. The van der Waals surface area contributed by atoms with E-state index < -0.39 is 17.1 Å². The molecular formula is C28H43FN2O3. The maximum Gasteiger partial charge on any atom is 0.254 e. The van der Waals surface area contributed by atoms with Gasteiger partial charge in [0.05, 0.1) is 12.1 Å². The summed E-state index contributed by atoms with van der Waals surface area (Å²) in [7, 11) is 0. The van der Waals surface area contributed by atoms with Crippen LogP contribution in [0.1, 0.15) is 108 Å². The Balaban J connectivity index is 0.000000589. The molecule has 1 N–H and O–H groups in total. The summed E-state index contributed by atoms with van der Waals surface area (Å²) in [6.07, 6.45) is 10.6. The second-order valence-corrected chi connectivity index (χ2v) is 11.0. The number of Topliss-reactive ketones (excluding diaryl/α,β-unsaturated/α-hetero) is 1. The van der Waals surface area contributed by atoms with E-state index in [1.54, 1.807) is 30.9 Å². The number of hydrogen-bond acceptors (Lipinski definition) is 3. The first-order valence-corrected chi connectivity index (χ1v) is 12.9. The quantitative estimate of drug-likeness (QED) is 0.580. The first-order chi connectivity index (χ1) is 16.0. The molecule has 1 atom stereocenters. The van der Waals surface area contributed by atoms with Crippen LogP contribution < -0.4 is 5.32 Å². The summed E-state index contributed by atoms with van der Waals surface area (Å²) < 4.78 is 15.1. The van der Waals surface area contributed by atoms with E-state index in [9.17, 15) is 14.4 Å². The molecule has 1 aliphatic heterocycles. The van der Waals surface area contributed by atoms with Crippen molar-refractivity contribution < 1.29 is 18.8 Å². The van der Waals surface area contributed by atoms with Crippen molar-refractivity contribution >= 4 is 17.6 Å². The van der Waals surface area contributed by atoms with Gasteiger partial charge in [-0.3, -0.25) is 14.4 Å². The first-order valence-electron chi connectivity index (χ1n) is 12.9. The molecule has 3 rings (SSSR count). The van der Waals surface area contributed by atoms with E-state index in [0.717, 1.165) is 12.8 Å². The van der Waals surface area contributed by atoms with Gasteiger partial charge in [-0.1, -0.05) is 85.3 Å². The molecule has 2 fully saturated rings. The van der Waals surface area contributed by atoms with Gasteiger partial charge in [0.1, 0.15) is 5.82 Å². The van der Waals surface area contributed by atoms with E-state index in [0.29, 0.717) is 18.7 Å². The fourth-order valence-electron chi connectivity index (χ4n) is 4.46. The lowest BCUT2D eigenvalue weighted by molar-refractivity contribution is -0.140.